The molecule has 0 unspecified atom stereocenters. The molecule has 4 rings (SSSR count). The van der Waals surface area contributed by atoms with Crippen molar-refractivity contribution >= 4 is 11.8 Å². The van der Waals surface area contributed by atoms with Crippen molar-refractivity contribution in [2.45, 2.75) is 46.1 Å². The number of hydrogen-bond acceptors (Lipinski definition) is 5. The van der Waals surface area contributed by atoms with E-state index in [0.29, 0.717) is 38.6 Å². The Morgan fingerprint density at radius 2 is 1.92 bits per heavy atom. The van der Waals surface area contributed by atoms with Gasteiger partial charge in [-0.25, -0.2) is 0 Å². The fraction of sp³-hybridized carbons (Fsp3) is 0.655. The van der Waals surface area contributed by atoms with Crippen LogP contribution in [0.3, 0.4) is 0 Å². The summed E-state index contributed by atoms with van der Waals surface area (Å²) in [6.45, 7) is 12.2. The molecule has 36 heavy (non-hydrogen) atoms. The fourth-order valence-electron chi connectivity index (χ4n) is 5.78. The van der Waals surface area contributed by atoms with Crippen molar-refractivity contribution in [3.05, 3.63) is 42.0 Å². The van der Waals surface area contributed by atoms with E-state index in [4.69, 9.17) is 4.74 Å². The molecule has 0 aliphatic carbocycles. The first-order valence-corrected chi connectivity index (χ1v) is 13.8. The number of para-hydroxylation sites is 1. The number of hydrogen-bond donors (Lipinski definition) is 1. The van der Waals surface area contributed by atoms with E-state index in [1.807, 2.05) is 23.1 Å². The molecular formula is C29H44N4O3. The minimum atomic E-state index is 0.128. The minimum absolute atomic E-state index is 0.128. The number of nitrogens with zero attached hydrogens (tertiary/aromatic N) is 3. The van der Waals surface area contributed by atoms with Crippen molar-refractivity contribution in [2.24, 2.45) is 17.8 Å². The Kier molecular flexibility index (Phi) is 9.82. The monoisotopic (exact) mass is 496 g/mol. The normalized spacial score (nSPS) is 24.0. The zero-order chi connectivity index (χ0) is 25.3. The van der Waals surface area contributed by atoms with E-state index in [9.17, 15) is 9.59 Å². The van der Waals surface area contributed by atoms with E-state index < -0.39 is 0 Å². The van der Waals surface area contributed by atoms with Crippen LogP contribution in [-0.4, -0.2) is 85.5 Å². The molecule has 1 aromatic carbocycles. The molecule has 0 radical (unpaired) electrons. The van der Waals surface area contributed by atoms with Crippen molar-refractivity contribution in [3.63, 3.8) is 0 Å². The lowest BCUT2D eigenvalue weighted by Gasteiger charge is -2.38. The van der Waals surface area contributed by atoms with Crippen LogP contribution < -0.4 is 10.1 Å². The summed E-state index contributed by atoms with van der Waals surface area (Å²) >= 11 is 0. The maximum absolute atomic E-state index is 13.4. The summed E-state index contributed by atoms with van der Waals surface area (Å²) in [6.07, 6.45) is 8.14. The number of fused-ring (bicyclic) bond motifs is 3. The number of amides is 2. The summed E-state index contributed by atoms with van der Waals surface area (Å²) in [4.78, 5) is 32.8. The third kappa shape index (κ3) is 7.81. The highest BCUT2D eigenvalue weighted by Gasteiger charge is 2.32. The van der Waals surface area contributed by atoms with E-state index in [1.54, 1.807) is 0 Å². The molecule has 1 N–H and O–H groups in total. The van der Waals surface area contributed by atoms with Crippen LogP contribution in [0.5, 0.6) is 5.75 Å². The zero-order valence-corrected chi connectivity index (χ0v) is 22.2. The highest BCUT2D eigenvalue weighted by atomic mass is 16.5. The smallest absolute Gasteiger partial charge is 0.236 e. The molecule has 7 heteroatoms. The SMILES string of the molecule is CC(C)CN1CC(=O)N2CC[C@@H](CC(=O)NCCN3CCCC3)[C@@H](C=CCOc3ccccc3C1)C2. The van der Waals surface area contributed by atoms with E-state index >= 15 is 0 Å². The van der Waals surface area contributed by atoms with Gasteiger partial charge in [0.25, 0.3) is 0 Å². The Morgan fingerprint density at radius 1 is 1.11 bits per heavy atom. The van der Waals surface area contributed by atoms with Crippen molar-refractivity contribution in [2.75, 3.05) is 59.0 Å². The fourth-order valence-corrected chi connectivity index (χ4v) is 5.78. The average molecular weight is 497 g/mol. The molecule has 7 nitrogen and oxygen atoms in total. The van der Waals surface area contributed by atoms with Gasteiger partial charge in [0, 0.05) is 51.3 Å². The second-order valence-corrected chi connectivity index (χ2v) is 11.1. The number of likely N-dealkylation sites (tertiary alicyclic amines) is 1. The number of benzene rings is 1. The van der Waals surface area contributed by atoms with Crippen LogP contribution in [0.15, 0.2) is 36.4 Å². The molecule has 0 aromatic heterocycles. The third-order valence-electron chi connectivity index (χ3n) is 7.62. The van der Waals surface area contributed by atoms with Gasteiger partial charge in [0.1, 0.15) is 12.4 Å². The molecule has 3 heterocycles. The van der Waals surface area contributed by atoms with Crippen LogP contribution in [-0.2, 0) is 16.1 Å². The molecular weight excluding hydrogens is 452 g/mol. The number of rotatable bonds is 7. The maximum Gasteiger partial charge on any atom is 0.236 e. The summed E-state index contributed by atoms with van der Waals surface area (Å²) in [6, 6.07) is 8.13. The summed E-state index contributed by atoms with van der Waals surface area (Å²) in [5.41, 5.74) is 1.11. The summed E-state index contributed by atoms with van der Waals surface area (Å²) in [5.74, 6) is 2.04. The first kappa shape index (κ1) is 26.7. The molecule has 2 amide bonds. The Morgan fingerprint density at radius 3 is 2.72 bits per heavy atom. The highest BCUT2D eigenvalue weighted by molar-refractivity contribution is 5.79. The number of ether oxygens (including phenoxy) is 1. The molecule has 3 aliphatic rings. The van der Waals surface area contributed by atoms with Gasteiger partial charge in [-0.15, -0.1) is 0 Å². The van der Waals surface area contributed by atoms with Gasteiger partial charge in [-0.2, -0.15) is 0 Å². The van der Waals surface area contributed by atoms with Crippen LogP contribution in [0.1, 0.15) is 45.1 Å². The second-order valence-electron chi connectivity index (χ2n) is 11.1. The van der Waals surface area contributed by atoms with Gasteiger partial charge in [-0.3, -0.25) is 14.5 Å². The quantitative estimate of drug-likeness (QED) is 0.588. The lowest BCUT2D eigenvalue weighted by atomic mass is 9.82. The molecule has 0 spiro atoms. The van der Waals surface area contributed by atoms with E-state index in [2.05, 4.69) is 47.2 Å². The first-order valence-electron chi connectivity index (χ1n) is 13.8. The number of carbonyl (C=O) groups excluding carboxylic acids is 2. The molecule has 3 aliphatic heterocycles. The summed E-state index contributed by atoms with van der Waals surface area (Å²) in [7, 11) is 0. The molecule has 2 atom stereocenters. The summed E-state index contributed by atoms with van der Waals surface area (Å²) < 4.78 is 6.14. The molecule has 198 valence electrons. The Labute approximate surface area is 216 Å². The van der Waals surface area contributed by atoms with Gasteiger partial charge in [0.15, 0.2) is 0 Å². The Bertz CT molecular complexity index is 896. The topological polar surface area (TPSA) is 65.1 Å². The van der Waals surface area contributed by atoms with E-state index in [0.717, 1.165) is 57.0 Å². The van der Waals surface area contributed by atoms with Crippen LogP contribution in [0, 0.1) is 17.8 Å². The van der Waals surface area contributed by atoms with Crippen molar-refractivity contribution in [1.82, 2.24) is 20.0 Å². The molecule has 2 saturated heterocycles. The van der Waals surface area contributed by atoms with Gasteiger partial charge in [-0.05, 0) is 56.2 Å². The standard InChI is InChI=1S/C29H44N4O3/c1-23(2)19-32-20-26-8-3-4-10-27(26)36-17-7-9-25-21-33(29(35)22-32)15-11-24(25)18-28(34)30-12-16-31-13-5-6-14-31/h3-4,7-10,23-25H,5-6,11-22H2,1-2H3,(H,30,34)/t24-,25-/m0/s1. The predicted octanol–water partition coefficient (Wildman–Crippen LogP) is 3.16. The average Bonchev–Trinajstić information content (AvgIpc) is 3.36. The van der Waals surface area contributed by atoms with Crippen LogP contribution in [0.2, 0.25) is 0 Å². The number of nitrogens with one attached hydrogen (secondary N) is 1. The third-order valence-corrected chi connectivity index (χ3v) is 7.62. The van der Waals surface area contributed by atoms with Gasteiger partial charge in [0.05, 0.1) is 6.54 Å². The van der Waals surface area contributed by atoms with E-state index in [-0.39, 0.29) is 23.7 Å². The number of piperidine rings is 1. The van der Waals surface area contributed by atoms with Crippen LogP contribution in [0.4, 0.5) is 0 Å². The molecule has 1 aromatic rings. The second kappa shape index (κ2) is 13.2. The van der Waals surface area contributed by atoms with Gasteiger partial charge in [0.2, 0.25) is 11.8 Å². The van der Waals surface area contributed by atoms with Crippen molar-refractivity contribution in [1.29, 1.82) is 0 Å². The Hall–Kier alpha value is -2.38. The molecule has 2 fully saturated rings. The largest absolute Gasteiger partial charge is 0.489 e. The van der Waals surface area contributed by atoms with Crippen LogP contribution >= 0.6 is 0 Å². The maximum atomic E-state index is 13.4. The molecule has 2 bridgehead atoms. The predicted molar refractivity (Wildman–Crippen MR) is 143 cm³/mol. The first-order chi connectivity index (χ1) is 17.5. The van der Waals surface area contributed by atoms with Gasteiger partial charge in [-0.1, -0.05) is 44.2 Å². The highest BCUT2D eigenvalue weighted by Crippen LogP contribution is 2.29. The lowest BCUT2D eigenvalue weighted by Crippen LogP contribution is -2.48. The van der Waals surface area contributed by atoms with Crippen molar-refractivity contribution < 1.29 is 14.3 Å². The lowest BCUT2D eigenvalue weighted by molar-refractivity contribution is -0.135. The minimum Gasteiger partial charge on any atom is -0.489 e. The Balaban J connectivity index is 1.41. The van der Waals surface area contributed by atoms with Crippen molar-refractivity contribution in [3.8, 4) is 5.75 Å². The zero-order valence-electron chi connectivity index (χ0n) is 22.2. The van der Waals surface area contributed by atoms with Gasteiger partial charge >= 0.3 is 0 Å². The number of carbonyl (C=O) groups is 2. The van der Waals surface area contributed by atoms with E-state index in [1.165, 1.54) is 12.8 Å². The molecule has 0 saturated carbocycles. The van der Waals surface area contributed by atoms with Gasteiger partial charge < -0.3 is 19.9 Å². The van der Waals surface area contributed by atoms with Crippen LogP contribution in [0.25, 0.3) is 0 Å². The summed E-state index contributed by atoms with van der Waals surface area (Å²) in [5, 5.41) is 3.13.